The maximum Gasteiger partial charge on any atom is 0.433 e. The van der Waals surface area contributed by atoms with Crippen LogP contribution in [0.25, 0.3) is 0 Å². The molecule has 1 aliphatic heterocycles. The Morgan fingerprint density at radius 1 is 1.23 bits per heavy atom. The first-order chi connectivity index (χ1) is 12.4. The second kappa shape index (κ2) is 7.28. The lowest BCUT2D eigenvalue weighted by Gasteiger charge is -2.19. The zero-order chi connectivity index (χ0) is 18.7. The Morgan fingerprint density at radius 3 is 2.46 bits per heavy atom. The van der Waals surface area contributed by atoms with E-state index in [2.05, 4.69) is 27.2 Å². The number of benzene rings is 1. The molecule has 3 rings (SSSR count). The fourth-order valence-electron chi connectivity index (χ4n) is 2.60. The molecule has 1 aromatic heterocycles. The third kappa shape index (κ3) is 4.10. The molecule has 26 heavy (non-hydrogen) atoms. The van der Waals surface area contributed by atoms with Crippen LogP contribution in [0.4, 0.5) is 24.9 Å². The van der Waals surface area contributed by atoms with E-state index in [0.29, 0.717) is 19.6 Å². The molecule has 9 heteroatoms. The first kappa shape index (κ1) is 18.1. The van der Waals surface area contributed by atoms with Crippen molar-refractivity contribution in [1.29, 1.82) is 0 Å². The Hall–Kier alpha value is -2.68. The average molecular weight is 379 g/mol. The van der Waals surface area contributed by atoms with Crippen LogP contribution >= 0.6 is 12.2 Å². The first-order valence-electron chi connectivity index (χ1n) is 7.80. The number of rotatable bonds is 4. The molecule has 0 spiro atoms. The Kier molecular flexibility index (Phi) is 5.08. The van der Waals surface area contributed by atoms with Gasteiger partial charge < -0.3 is 15.5 Å². The molecule has 2 N–H and O–H groups in total. The number of nitrogens with one attached hydrogen (secondary N) is 2. The van der Waals surface area contributed by atoms with Crippen LogP contribution in [0.5, 0.6) is 0 Å². The molecule has 0 bridgehead atoms. The van der Waals surface area contributed by atoms with E-state index in [9.17, 15) is 13.2 Å². The predicted molar refractivity (Wildman–Crippen MR) is 97.8 cm³/mol. The SMILES string of the molecule is C=CCNC(=S)Nc1nc(N2Cc3ccccc3C2)cc(C(F)(F)F)n1. The molecule has 1 aliphatic rings. The number of hydrogen-bond donors (Lipinski definition) is 2. The van der Waals surface area contributed by atoms with Crippen molar-refractivity contribution in [2.75, 3.05) is 16.8 Å². The monoisotopic (exact) mass is 379 g/mol. The van der Waals surface area contributed by atoms with Crippen LogP contribution in [0.3, 0.4) is 0 Å². The lowest BCUT2D eigenvalue weighted by molar-refractivity contribution is -0.141. The fraction of sp³-hybridized carbons (Fsp3) is 0.235. The summed E-state index contributed by atoms with van der Waals surface area (Å²) in [6.07, 6.45) is -3.01. The number of anilines is 2. The van der Waals surface area contributed by atoms with Crippen molar-refractivity contribution < 1.29 is 13.2 Å². The van der Waals surface area contributed by atoms with Crippen molar-refractivity contribution in [1.82, 2.24) is 15.3 Å². The number of halogens is 3. The molecule has 0 aliphatic carbocycles. The Morgan fingerprint density at radius 2 is 1.88 bits per heavy atom. The van der Waals surface area contributed by atoms with Crippen LogP contribution in [0.15, 0.2) is 43.0 Å². The van der Waals surface area contributed by atoms with Gasteiger partial charge >= 0.3 is 6.18 Å². The van der Waals surface area contributed by atoms with Gasteiger partial charge in [-0.15, -0.1) is 6.58 Å². The topological polar surface area (TPSA) is 53.1 Å². The third-order valence-electron chi connectivity index (χ3n) is 3.80. The summed E-state index contributed by atoms with van der Waals surface area (Å²) < 4.78 is 39.7. The van der Waals surface area contributed by atoms with Gasteiger partial charge in [0.05, 0.1) is 0 Å². The highest BCUT2D eigenvalue weighted by Gasteiger charge is 2.35. The molecule has 1 aromatic carbocycles. The zero-order valence-corrected chi connectivity index (χ0v) is 14.5. The number of aromatic nitrogens is 2. The summed E-state index contributed by atoms with van der Waals surface area (Å²) in [6, 6.07) is 8.67. The van der Waals surface area contributed by atoms with Crippen LogP contribution < -0.4 is 15.5 Å². The molecule has 0 radical (unpaired) electrons. The summed E-state index contributed by atoms with van der Waals surface area (Å²) >= 11 is 5.03. The molecular formula is C17H16F3N5S. The highest BCUT2D eigenvalue weighted by molar-refractivity contribution is 7.80. The molecule has 0 amide bonds. The lowest BCUT2D eigenvalue weighted by Crippen LogP contribution is -2.30. The summed E-state index contributed by atoms with van der Waals surface area (Å²) in [5.74, 6) is -0.00936. The van der Waals surface area contributed by atoms with Crippen LogP contribution in [0.1, 0.15) is 16.8 Å². The van der Waals surface area contributed by atoms with E-state index in [1.165, 1.54) is 0 Å². The van der Waals surface area contributed by atoms with Gasteiger partial charge in [-0.1, -0.05) is 30.3 Å². The van der Waals surface area contributed by atoms with Crippen LogP contribution in [0, 0.1) is 0 Å². The van der Waals surface area contributed by atoms with Crippen LogP contribution in [0.2, 0.25) is 0 Å². The average Bonchev–Trinajstić information content (AvgIpc) is 3.03. The Balaban J connectivity index is 1.89. The minimum absolute atomic E-state index is 0.125. The van der Waals surface area contributed by atoms with Gasteiger partial charge in [-0.25, -0.2) is 4.98 Å². The molecule has 2 aromatic rings. The quantitative estimate of drug-likeness (QED) is 0.627. The van der Waals surface area contributed by atoms with Crippen LogP contribution in [-0.2, 0) is 19.3 Å². The molecule has 0 saturated heterocycles. The van der Waals surface area contributed by atoms with Gasteiger partial charge in [-0.2, -0.15) is 18.2 Å². The van der Waals surface area contributed by atoms with E-state index in [0.717, 1.165) is 17.2 Å². The van der Waals surface area contributed by atoms with Gasteiger partial charge in [0.25, 0.3) is 0 Å². The predicted octanol–water partition coefficient (Wildman–Crippen LogP) is 3.49. The largest absolute Gasteiger partial charge is 0.433 e. The summed E-state index contributed by atoms with van der Waals surface area (Å²) in [4.78, 5) is 9.53. The Labute approximate surface area is 154 Å². The number of hydrogen-bond acceptors (Lipinski definition) is 4. The second-order valence-corrected chi connectivity index (χ2v) is 6.09. The first-order valence-corrected chi connectivity index (χ1v) is 8.21. The van der Waals surface area contributed by atoms with Gasteiger partial charge in [0.2, 0.25) is 5.95 Å². The highest BCUT2D eigenvalue weighted by atomic mass is 32.1. The number of nitrogens with zero attached hydrogens (tertiary/aromatic N) is 3. The minimum Gasteiger partial charge on any atom is -0.359 e. The summed E-state index contributed by atoms with van der Waals surface area (Å²) in [5.41, 5.74) is 1.11. The van der Waals surface area contributed by atoms with Gasteiger partial charge in [-0.3, -0.25) is 0 Å². The van der Waals surface area contributed by atoms with Crippen molar-refractivity contribution in [2.45, 2.75) is 19.3 Å². The maximum atomic E-state index is 13.2. The van der Waals surface area contributed by atoms with E-state index in [1.807, 2.05) is 24.3 Å². The van der Waals surface area contributed by atoms with E-state index in [1.54, 1.807) is 11.0 Å². The zero-order valence-electron chi connectivity index (χ0n) is 13.7. The van der Waals surface area contributed by atoms with Gasteiger partial charge in [-0.05, 0) is 23.3 Å². The van der Waals surface area contributed by atoms with E-state index < -0.39 is 11.9 Å². The summed E-state index contributed by atoms with van der Waals surface area (Å²) in [7, 11) is 0. The normalized spacial score (nSPS) is 13.3. The Bertz CT molecular complexity index is 812. The van der Waals surface area contributed by atoms with Crippen molar-refractivity contribution >= 4 is 29.1 Å². The van der Waals surface area contributed by atoms with E-state index >= 15 is 0 Å². The van der Waals surface area contributed by atoms with Gasteiger partial charge in [0.15, 0.2) is 10.8 Å². The minimum atomic E-state index is -4.59. The second-order valence-electron chi connectivity index (χ2n) is 5.68. The number of thiocarbonyl (C=S) groups is 1. The molecule has 136 valence electrons. The fourth-order valence-corrected chi connectivity index (χ4v) is 2.78. The van der Waals surface area contributed by atoms with E-state index in [-0.39, 0.29) is 16.9 Å². The van der Waals surface area contributed by atoms with Crippen molar-refractivity contribution in [3.63, 3.8) is 0 Å². The maximum absolute atomic E-state index is 13.2. The van der Waals surface area contributed by atoms with Crippen LogP contribution in [-0.4, -0.2) is 21.6 Å². The molecule has 2 heterocycles. The number of alkyl halides is 3. The number of fused-ring (bicyclic) bond motifs is 1. The van der Waals surface area contributed by atoms with Crippen molar-refractivity contribution in [2.24, 2.45) is 0 Å². The smallest absolute Gasteiger partial charge is 0.359 e. The summed E-state index contributed by atoms with van der Waals surface area (Å²) in [6.45, 7) is 4.89. The van der Waals surface area contributed by atoms with Crippen molar-refractivity contribution in [3.8, 4) is 0 Å². The van der Waals surface area contributed by atoms with Gasteiger partial charge in [0.1, 0.15) is 5.82 Å². The molecule has 0 fully saturated rings. The summed E-state index contributed by atoms with van der Waals surface area (Å²) in [5, 5.41) is 5.49. The van der Waals surface area contributed by atoms with Gasteiger partial charge in [0, 0.05) is 25.7 Å². The lowest BCUT2D eigenvalue weighted by atomic mass is 10.1. The standard InChI is InChI=1S/C17H16F3N5S/c1-2-7-21-16(26)24-15-22-13(17(18,19)20)8-14(23-15)25-9-11-5-3-4-6-12(11)10-25/h2-6,8H,1,7,9-10H2,(H2,21,22,23,24,26). The van der Waals surface area contributed by atoms with E-state index in [4.69, 9.17) is 12.2 Å². The molecule has 5 nitrogen and oxygen atoms in total. The molecule has 0 saturated carbocycles. The molecule has 0 unspecified atom stereocenters. The van der Waals surface area contributed by atoms with Crippen molar-refractivity contribution in [3.05, 3.63) is 59.8 Å². The third-order valence-corrected chi connectivity index (χ3v) is 4.05. The highest BCUT2D eigenvalue weighted by Crippen LogP contribution is 2.33. The molecular weight excluding hydrogens is 363 g/mol. The molecule has 0 atom stereocenters.